The van der Waals surface area contributed by atoms with Gasteiger partial charge in [-0.25, -0.2) is 5.10 Å². The smallest absolute Gasteiger partial charge is 0.216 e. The summed E-state index contributed by atoms with van der Waals surface area (Å²) in [6, 6.07) is 5.97. The molecular weight excluding hydrogens is 292 g/mol. The van der Waals surface area contributed by atoms with Crippen molar-refractivity contribution in [3.63, 3.8) is 0 Å². The molecule has 0 aliphatic heterocycles. The van der Waals surface area contributed by atoms with Gasteiger partial charge in [-0.1, -0.05) is 0 Å². The number of thiophene rings is 1. The second kappa shape index (κ2) is 5.14. The highest BCUT2D eigenvalue weighted by molar-refractivity contribution is 7.71. The van der Waals surface area contributed by atoms with Crippen LogP contribution in [0.25, 0.3) is 11.5 Å². The van der Waals surface area contributed by atoms with Crippen LogP contribution in [0.3, 0.4) is 0 Å². The number of aromatic amines is 2. The fraction of sp³-hybridized carbons (Fsp3) is 0.167. The first-order valence-electron chi connectivity index (χ1n) is 5.94. The van der Waals surface area contributed by atoms with Gasteiger partial charge in [0, 0.05) is 15.4 Å². The third-order valence-electron chi connectivity index (χ3n) is 2.65. The molecule has 0 aliphatic carbocycles. The van der Waals surface area contributed by atoms with E-state index in [1.165, 1.54) is 4.88 Å². The van der Waals surface area contributed by atoms with Crippen molar-refractivity contribution >= 4 is 29.8 Å². The van der Waals surface area contributed by atoms with E-state index in [2.05, 4.69) is 38.5 Å². The summed E-state index contributed by atoms with van der Waals surface area (Å²) in [7, 11) is 0. The average Bonchev–Trinajstić information content (AvgIpc) is 3.09. The summed E-state index contributed by atoms with van der Waals surface area (Å²) in [5, 5.41) is 18.3. The van der Waals surface area contributed by atoms with Gasteiger partial charge in [0.2, 0.25) is 10.6 Å². The summed E-state index contributed by atoms with van der Waals surface area (Å²) in [4.78, 5) is 2.31. The Hall–Kier alpha value is -2.06. The lowest BCUT2D eigenvalue weighted by atomic mass is 10.3. The summed E-state index contributed by atoms with van der Waals surface area (Å²) in [6.45, 7) is 3.99. The van der Waals surface area contributed by atoms with Crippen LogP contribution in [-0.4, -0.2) is 31.3 Å². The second-order valence-electron chi connectivity index (χ2n) is 4.29. The molecule has 0 fully saturated rings. The first kappa shape index (κ1) is 12.9. The summed E-state index contributed by atoms with van der Waals surface area (Å²) in [6.07, 6.45) is 1.77. The van der Waals surface area contributed by atoms with Gasteiger partial charge >= 0.3 is 0 Å². The molecule has 0 radical (unpaired) electrons. The number of rotatable bonds is 3. The van der Waals surface area contributed by atoms with E-state index in [0.29, 0.717) is 16.3 Å². The SMILES string of the molecule is Cc1cc(-c2n[nH]c(=S)n2/N=C/c2ccc(C)s2)n[nH]1. The third-order valence-corrected chi connectivity index (χ3v) is 3.85. The van der Waals surface area contributed by atoms with Gasteiger partial charge in [0.05, 0.1) is 6.21 Å². The molecule has 20 heavy (non-hydrogen) atoms. The van der Waals surface area contributed by atoms with Crippen LogP contribution >= 0.6 is 23.6 Å². The van der Waals surface area contributed by atoms with E-state index in [1.54, 1.807) is 22.2 Å². The second-order valence-corrected chi connectivity index (χ2v) is 6.00. The fourth-order valence-electron chi connectivity index (χ4n) is 1.73. The Morgan fingerprint density at radius 3 is 2.80 bits per heavy atom. The molecule has 0 saturated heterocycles. The topological polar surface area (TPSA) is 74.7 Å². The van der Waals surface area contributed by atoms with E-state index in [0.717, 1.165) is 10.6 Å². The molecule has 0 atom stereocenters. The lowest BCUT2D eigenvalue weighted by molar-refractivity contribution is 0.865. The highest BCUT2D eigenvalue weighted by Gasteiger charge is 2.10. The molecule has 3 heterocycles. The summed E-state index contributed by atoms with van der Waals surface area (Å²) in [5.74, 6) is 0.587. The van der Waals surface area contributed by atoms with Crippen LogP contribution in [0.1, 0.15) is 15.4 Å². The van der Waals surface area contributed by atoms with Crippen molar-refractivity contribution in [1.82, 2.24) is 25.1 Å². The van der Waals surface area contributed by atoms with Gasteiger partial charge < -0.3 is 0 Å². The molecule has 0 aliphatic rings. The highest BCUT2D eigenvalue weighted by Crippen LogP contribution is 2.16. The van der Waals surface area contributed by atoms with Gasteiger partial charge in [0.25, 0.3) is 0 Å². The molecule has 2 N–H and O–H groups in total. The Kier molecular flexibility index (Phi) is 3.33. The predicted molar refractivity (Wildman–Crippen MR) is 81.8 cm³/mol. The van der Waals surface area contributed by atoms with Crippen LogP contribution in [0.2, 0.25) is 0 Å². The van der Waals surface area contributed by atoms with Gasteiger partial charge in [0.1, 0.15) is 5.69 Å². The van der Waals surface area contributed by atoms with E-state index in [-0.39, 0.29) is 0 Å². The molecule has 3 aromatic rings. The maximum Gasteiger partial charge on any atom is 0.216 e. The number of aryl methyl sites for hydroxylation is 2. The van der Waals surface area contributed by atoms with Gasteiger partial charge in [-0.2, -0.15) is 20.0 Å². The summed E-state index contributed by atoms with van der Waals surface area (Å²) < 4.78 is 2.00. The van der Waals surface area contributed by atoms with Crippen LogP contribution in [-0.2, 0) is 0 Å². The maximum atomic E-state index is 5.20. The molecule has 0 saturated carbocycles. The zero-order valence-electron chi connectivity index (χ0n) is 10.9. The van der Waals surface area contributed by atoms with Crippen LogP contribution in [0.15, 0.2) is 23.3 Å². The Morgan fingerprint density at radius 1 is 1.30 bits per heavy atom. The number of hydrogen-bond donors (Lipinski definition) is 2. The van der Waals surface area contributed by atoms with Crippen LogP contribution < -0.4 is 0 Å². The predicted octanol–water partition coefficient (Wildman–Crippen LogP) is 2.89. The summed E-state index contributed by atoms with van der Waals surface area (Å²) in [5.41, 5.74) is 1.66. The van der Waals surface area contributed by atoms with Crippen LogP contribution in [0.4, 0.5) is 0 Å². The standard InChI is InChI=1S/C12H12N6S2/c1-7-5-10(15-14-7)11-16-17-12(19)18(11)13-6-9-4-3-8(2)20-9/h3-6H,1-2H3,(H,14,15)(H,17,19)/b13-6+. The minimum absolute atomic E-state index is 0.435. The maximum absolute atomic E-state index is 5.20. The average molecular weight is 304 g/mol. The van der Waals surface area contributed by atoms with Crippen molar-refractivity contribution in [2.45, 2.75) is 13.8 Å². The van der Waals surface area contributed by atoms with E-state index in [4.69, 9.17) is 12.2 Å². The molecule has 0 unspecified atom stereocenters. The van der Waals surface area contributed by atoms with Crippen molar-refractivity contribution in [3.8, 4) is 11.5 Å². The Labute approximate surface area is 124 Å². The molecule has 102 valence electrons. The van der Waals surface area contributed by atoms with Crippen LogP contribution in [0, 0.1) is 18.6 Å². The van der Waals surface area contributed by atoms with E-state index in [1.807, 2.05) is 19.1 Å². The van der Waals surface area contributed by atoms with E-state index < -0.39 is 0 Å². The van der Waals surface area contributed by atoms with Gasteiger partial charge in [-0.15, -0.1) is 11.3 Å². The van der Waals surface area contributed by atoms with E-state index >= 15 is 0 Å². The lowest BCUT2D eigenvalue weighted by Crippen LogP contribution is -1.94. The minimum Gasteiger partial charge on any atom is -0.282 e. The molecule has 6 nitrogen and oxygen atoms in total. The van der Waals surface area contributed by atoms with Crippen molar-refractivity contribution in [2.24, 2.45) is 5.10 Å². The zero-order chi connectivity index (χ0) is 14.1. The van der Waals surface area contributed by atoms with Gasteiger partial charge in [0.15, 0.2) is 0 Å². The number of nitrogens with zero attached hydrogens (tertiary/aromatic N) is 4. The number of hydrogen-bond acceptors (Lipinski definition) is 5. The largest absolute Gasteiger partial charge is 0.282 e. The molecule has 3 aromatic heterocycles. The first-order valence-corrected chi connectivity index (χ1v) is 7.16. The van der Waals surface area contributed by atoms with Crippen molar-refractivity contribution in [1.29, 1.82) is 0 Å². The summed E-state index contributed by atoms with van der Waals surface area (Å²) >= 11 is 6.87. The monoisotopic (exact) mass is 304 g/mol. The normalized spacial score (nSPS) is 11.5. The molecule has 0 bridgehead atoms. The Balaban J connectivity index is 1.99. The van der Waals surface area contributed by atoms with Crippen molar-refractivity contribution in [2.75, 3.05) is 0 Å². The van der Waals surface area contributed by atoms with Crippen molar-refractivity contribution in [3.05, 3.63) is 38.4 Å². The first-order chi connectivity index (χ1) is 9.63. The third kappa shape index (κ3) is 2.47. The molecule has 0 amide bonds. The number of aromatic nitrogens is 5. The zero-order valence-corrected chi connectivity index (χ0v) is 12.5. The Morgan fingerprint density at radius 2 is 2.15 bits per heavy atom. The molecular formula is C12H12N6S2. The fourth-order valence-corrected chi connectivity index (χ4v) is 2.66. The highest BCUT2D eigenvalue weighted by atomic mass is 32.1. The molecule has 0 aromatic carbocycles. The lowest BCUT2D eigenvalue weighted by Gasteiger charge is -1.95. The number of H-pyrrole nitrogens is 2. The molecule has 3 rings (SSSR count). The van der Waals surface area contributed by atoms with Crippen LogP contribution in [0.5, 0.6) is 0 Å². The molecule has 8 heteroatoms. The van der Waals surface area contributed by atoms with Gasteiger partial charge in [-0.3, -0.25) is 5.10 Å². The molecule has 0 spiro atoms. The minimum atomic E-state index is 0.435. The van der Waals surface area contributed by atoms with Gasteiger partial charge in [-0.05, 0) is 44.3 Å². The van der Waals surface area contributed by atoms with E-state index in [9.17, 15) is 0 Å². The quantitative estimate of drug-likeness (QED) is 0.577. The van der Waals surface area contributed by atoms with Crippen molar-refractivity contribution < 1.29 is 0 Å². The Bertz CT molecular complexity index is 819. The number of nitrogens with one attached hydrogen (secondary N) is 2.